The number of hydrogen-bond acceptors (Lipinski definition) is 4. The van der Waals surface area contributed by atoms with E-state index in [1.807, 2.05) is 0 Å². The van der Waals surface area contributed by atoms with E-state index in [0.29, 0.717) is 17.1 Å². The molecule has 0 saturated heterocycles. The van der Waals surface area contributed by atoms with Gasteiger partial charge in [0.2, 0.25) is 5.91 Å². The summed E-state index contributed by atoms with van der Waals surface area (Å²) >= 11 is 5.92. The third-order valence-electron chi connectivity index (χ3n) is 3.08. The number of carbonyl (C=O) groups excluding carboxylic acids is 2. The highest BCUT2D eigenvalue weighted by Crippen LogP contribution is 2.31. The molecule has 6 heteroatoms. The number of aliphatic hydroxyl groups is 1. The molecular formula is C14H16ClNO4. The monoisotopic (exact) mass is 297 g/mol. The Hall–Kier alpha value is -1.59. The summed E-state index contributed by atoms with van der Waals surface area (Å²) in [6.07, 6.45) is -0.797. The van der Waals surface area contributed by atoms with Crippen molar-refractivity contribution in [2.24, 2.45) is 0 Å². The van der Waals surface area contributed by atoms with Crippen LogP contribution in [0.3, 0.4) is 0 Å². The van der Waals surface area contributed by atoms with E-state index < -0.39 is 12.1 Å². The van der Waals surface area contributed by atoms with Crippen LogP contribution in [0, 0.1) is 0 Å². The highest BCUT2D eigenvalue weighted by atomic mass is 35.5. The molecule has 2 rings (SSSR count). The van der Waals surface area contributed by atoms with Gasteiger partial charge in [0.15, 0.2) is 0 Å². The number of nitrogens with zero attached hydrogens (tertiary/aromatic N) is 1. The summed E-state index contributed by atoms with van der Waals surface area (Å²) in [4.78, 5) is 24.7. The van der Waals surface area contributed by atoms with Crippen LogP contribution in [0.4, 0.5) is 5.69 Å². The molecule has 1 N–H and O–H groups in total. The van der Waals surface area contributed by atoms with E-state index in [2.05, 4.69) is 0 Å². The second-order valence-electron chi connectivity index (χ2n) is 4.62. The van der Waals surface area contributed by atoms with E-state index in [0.717, 1.165) is 5.56 Å². The maximum absolute atomic E-state index is 11.9. The van der Waals surface area contributed by atoms with Crippen molar-refractivity contribution < 1.29 is 19.4 Å². The summed E-state index contributed by atoms with van der Waals surface area (Å²) < 4.78 is 4.77. The summed E-state index contributed by atoms with van der Waals surface area (Å²) in [7, 11) is 0. The van der Waals surface area contributed by atoms with Crippen LogP contribution in [0.1, 0.15) is 18.9 Å². The van der Waals surface area contributed by atoms with Crippen LogP contribution in [-0.2, 0) is 20.7 Å². The molecule has 1 amide bonds. The van der Waals surface area contributed by atoms with Gasteiger partial charge < -0.3 is 14.7 Å². The molecule has 5 nitrogen and oxygen atoms in total. The van der Waals surface area contributed by atoms with Crippen LogP contribution in [0.15, 0.2) is 18.2 Å². The zero-order chi connectivity index (χ0) is 14.7. The molecule has 0 saturated carbocycles. The Balaban J connectivity index is 2.05. The standard InChI is InChI=1S/C14H16ClNO4/c1-2-20-14(19)7-11(17)8-16-12-6-10(15)4-3-9(12)5-13(16)18/h3-4,6,11,17H,2,5,7-8H2,1H3. The lowest BCUT2D eigenvalue weighted by Gasteiger charge is -2.21. The molecule has 1 aromatic rings. The first-order valence-corrected chi connectivity index (χ1v) is 6.81. The summed E-state index contributed by atoms with van der Waals surface area (Å²) in [6.45, 7) is 2.03. The average Bonchev–Trinajstić information content (AvgIpc) is 2.66. The topological polar surface area (TPSA) is 66.8 Å². The number of rotatable bonds is 5. The number of carbonyl (C=O) groups is 2. The van der Waals surface area contributed by atoms with Crippen LogP contribution >= 0.6 is 11.6 Å². The van der Waals surface area contributed by atoms with Gasteiger partial charge in [-0.25, -0.2) is 0 Å². The van der Waals surface area contributed by atoms with Crippen molar-refractivity contribution in [2.75, 3.05) is 18.1 Å². The molecule has 1 atom stereocenters. The van der Waals surface area contributed by atoms with Crippen molar-refractivity contribution in [3.63, 3.8) is 0 Å². The molecule has 1 aromatic carbocycles. The van der Waals surface area contributed by atoms with E-state index in [9.17, 15) is 14.7 Å². The van der Waals surface area contributed by atoms with Gasteiger partial charge in [-0.3, -0.25) is 9.59 Å². The first-order chi connectivity index (χ1) is 9.51. The van der Waals surface area contributed by atoms with E-state index >= 15 is 0 Å². The van der Waals surface area contributed by atoms with Crippen molar-refractivity contribution in [3.05, 3.63) is 28.8 Å². The van der Waals surface area contributed by atoms with Gasteiger partial charge in [-0.05, 0) is 24.6 Å². The Labute approximate surface area is 122 Å². The molecule has 20 heavy (non-hydrogen) atoms. The summed E-state index contributed by atoms with van der Waals surface area (Å²) in [5.41, 5.74) is 1.58. The van der Waals surface area contributed by atoms with Crippen molar-refractivity contribution in [2.45, 2.75) is 25.9 Å². The Morgan fingerprint density at radius 1 is 1.55 bits per heavy atom. The number of ether oxygens (including phenoxy) is 1. The SMILES string of the molecule is CCOC(=O)CC(O)CN1C(=O)Cc2ccc(Cl)cc21. The molecule has 1 aliphatic heterocycles. The number of halogens is 1. The number of benzene rings is 1. The molecule has 0 spiro atoms. The number of amides is 1. The summed E-state index contributed by atoms with van der Waals surface area (Å²) in [5, 5.41) is 10.4. The Morgan fingerprint density at radius 3 is 3.00 bits per heavy atom. The lowest BCUT2D eigenvalue weighted by Crippen LogP contribution is -2.36. The van der Waals surface area contributed by atoms with Crippen molar-refractivity contribution in [3.8, 4) is 0 Å². The normalized spacial score (nSPS) is 15.2. The lowest BCUT2D eigenvalue weighted by molar-refractivity contribution is -0.145. The van der Waals surface area contributed by atoms with Crippen molar-refractivity contribution >= 4 is 29.2 Å². The minimum absolute atomic E-state index is 0.0605. The van der Waals surface area contributed by atoms with Gasteiger partial charge in [0.25, 0.3) is 0 Å². The molecule has 1 unspecified atom stereocenters. The predicted molar refractivity (Wildman–Crippen MR) is 74.8 cm³/mol. The third-order valence-corrected chi connectivity index (χ3v) is 3.32. The zero-order valence-electron chi connectivity index (χ0n) is 11.1. The fourth-order valence-corrected chi connectivity index (χ4v) is 2.38. The number of esters is 1. The van der Waals surface area contributed by atoms with Gasteiger partial charge in [0.05, 0.1) is 32.1 Å². The van der Waals surface area contributed by atoms with E-state index in [4.69, 9.17) is 16.3 Å². The minimum Gasteiger partial charge on any atom is -0.466 e. The van der Waals surface area contributed by atoms with Gasteiger partial charge in [-0.1, -0.05) is 17.7 Å². The van der Waals surface area contributed by atoms with Gasteiger partial charge in [0, 0.05) is 10.7 Å². The molecule has 0 bridgehead atoms. The largest absolute Gasteiger partial charge is 0.466 e. The molecule has 1 aliphatic rings. The summed E-state index contributed by atoms with van der Waals surface area (Å²) in [5.74, 6) is -0.580. The van der Waals surface area contributed by atoms with Gasteiger partial charge in [-0.15, -0.1) is 0 Å². The fraction of sp³-hybridized carbons (Fsp3) is 0.429. The predicted octanol–water partition coefficient (Wildman–Crippen LogP) is 1.54. The minimum atomic E-state index is -0.956. The lowest BCUT2D eigenvalue weighted by atomic mass is 10.1. The second kappa shape index (κ2) is 6.24. The number of hydrogen-bond donors (Lipinski definition) is 1. The quantitative estimate of drug-likeness (QED) is 0.837. The second-order valence-corrected chi connectivity index (χ2v) is 5.05. The number of anilines is 1. The molecule has 1 heterocycles. The van der Waals surface area contributed by atoms with Gasteiger partial charge in [-0.2, -0.15) is 0 Å². The Bertz CT molecular complexity index is 532. The number of fused-ring (bicyclic) bond motifs is 1. The third kappa shape index (κ3) is 3.29. The van der Waals surface area contributed by atoms with E-state index in [-0.39, 0.29) is 25.5 Å². The smallest absolute Gasteiger partial charge is 0.308 e. The molecule has 0 radical (unpaired) electrons. The Morgan fingerprint density at radius 2 is 2.30 bits per heavy atom. The number of aliphatic hydroxyl groups excluding tert-OH is 1. The van der Waals surface area contributed by atoms with Crippen LogP contribution in [0.25, 0.3) is 0 Å². The number of β-amino-alcohol motifs (C(OH)–C–C–N with tert-alkyl or cyclic N) is 1. The van der Waals surface area contributed by atoms with Crippen molar-refractivity contribution in [1.82, 2.24) is 0 Å². The van der Waals surface area contributed by atoms with E-state index in [1.54, 1.807) is 25.1 Å². The van der Waals surface area contributed by atoms with Crippen LogP contribution in [0.5, 0.6) is 0 Å². The van der Waals surface area contributed by atoms with E-state index in [1.165, 1.54) is 4.90 Å². The van der Waals surface area contributed by atoms with Gasteiger partial charge >= 0.3 is 5.97 Å². The molecule has 0 aliphatic carbocycles. The molecule has 108 valence electrons. The highest BCUT2D eigenvalue weighted by molar-refractivity contribution is 6.31. The highest BCUT2D eigenvalue weighted by Gasteiger charge is 2.29. The summed E-state index contributed by atoms with van der Waals surface area (Å²) in [6, 6.07) is 5.22. The molecular weight excluding hydrogens is 282 g/mol. The van der Waals surface area contributed by atoms with Crippen LogP contribution in [0.2, 0.25) is 5.02 Å². The van der Waals surface area contributed by atoms with Crippen LogP contribution < -0.4 is 4.90 Å². The maximum atomic E-state index is 11.9. The molecule has 0 fully saturated rings. The van der Waals surface area contributed by atoms with Crippen LogP contribution in [-0.4, -0.2) is 36.2 Å². The first kappa shape index (κ1) is 14.8. The maximum Gasteiger partial charge on any atom is 0.308 e. The zero-order valence-corrected chi connectivity index (χ0v) is 11.9. The fourth-order valence-electron chi connectivity index (χ4n) is 2.22. The van der Waals surface area contributed by atoms with Gasteiger partial charge in [0.1, 0.15) is 0 Å². The Kier molecular flexibility index (Phi) is 4.62. The average molecular weight is 298 g/mol. The first-order valence-electron chi connectivity index (χ1n) is 6.43. The van der Waals surface area contributed by atoms with Crippen molar-refractivity contribution in [1.29, 1.82) is 0 Å². The molecule has 0 aromatic heterocycles.